The normalized spacial score (nSPS) is 16.0. The largest absolute Gasteiger partial charge is 0.488 e. The zero-order chi connectivity index (χ0) is 22.7. The lowest BCUT2D eigenvalue weighted by Crippen LogP contribution is -2.26. The lowest BCUT2D eigenvalue weighted by atomic mass is 9.72. The summed E-state index contributed by atoms with van der Waals surface area (Å²) >= 11 is 7.92. The van der Waals surface area contributed by atoms with Gasteiger partial charge < -0.3 is 4.74 Å². The van der Waals surface area contributed by atoms with Gasteiger partial charge in [0.2, 0.25) is 0 Å². The van der Waals surface area contributed by atoms with Crippen molar-refractivity contribution >= 4 is 34.2 Å². The van der Waals surface area contributed by atoms with Gasteiger partial charge in [-0.1, -0.05) is 62.7 Å². The van der Waals surface area contributed by atoms with Gasteiger partial charge in [0, 0.05) is 27.2 Å². The maximum Gasteiger partial charge on any atom is 0.134 e. The molecule has 5 heteroatoms. The third-order valence-electron chi connectivity index (χ3n) is 6.16. The van der Waals surface area contributed by atoms with Crippen LogP contribution in [0.1, 0.15) is 54.3 Å². The van der Waals surface area contributed by atoms with Gasteiger partial charge in [-0.15, -0.1) is 11.3 Å². The minimum atomic E-state index is 0.274. The first-order valence-corrected chi connectivity index (χ1v) is 12.1. The van der Waals surface area contributed by atoms with Crippen LogP contribution < -0.4 is 4.74 Å². The molecule has 2 aromatic carbocycles. The van der Waals surface area contributed by atoms with Crippen molar-refractivity contribution in [2.75, 3.05) is 0 Å². The molecule has 164 valence electrons. The van der Waals surface area contributed by atoms with Gasteiger partial charge in [0.25, 0.3) is 0 Å². The van der Waals surface area contributed by atoms with E-state index in [1.54, 1.807) is 17.6 Å². The number of nitrogens with zero attached hydrogens (tertiary/aromatic N) is 2. The van der Waals surface area contributed by atoms with Crippen molar-refractivity contribution < 1.29 is 4.74 Å². The Hall–Kier alpha value is -2.61. The van der Waals surface area contributed by atoms with Crippen LogP contribution >= 0.6 is 22.9 Å². The van der Waals surface area contributed by atoms with Gasteiger partial charge in [0.05, 0.1) is 5.56 Å². The highest BCUT2D eigenvalue weighted by atomic mass is 35.5. The van der Waals surface area contributed by atoms with E-state index in [9.17, 15) is 5.26 Å². The molecule has 3 nitrogen and oxygen atoms in total. The maximum atomic E-state index is 9.82. The zero-order valence-corrected chi connectivity index (χ0v) is 20.3. The van der Waals surface area contributed by atoms with E-state index in [4.69, 9.17) is 21.3 Å². The number of benzene rings is 2. The molecule has 1 aliphatic carbocycles. The van der Waals surface area contributed by atoms with Gasteiger partial charge in [-0.2, -0.15) is 5.26 Å². The number of hydrogen-bond acceptors (Lipinski definition) is 4. The maximum absolute atomic E-state index is 9.82. The van der Waals surface area contributed by atoms with Gasteiger partial charge in [-0.05, 0) is 54.4 Å². The Morgan fingerprint density at radius 1 is 1.19 bits per heavy atom. The van der Waals surface area contributed by atoms with Crippen molar-refractivity contribution in [3.8, 4) is 11.8 Å². The average Bonchev–Trinajstić information content (AvgIpc) is 3.14. The first-order valence-electron chi connectivity index (χ1n) is 10.9. The summed E-state index contributed by atoms with van der Waals surface area (Å²) in [5, 5.41) is 11.3. The van der Waals surface area contributed by atoms with E-state index in [1.165, 1.54) is 10.4 Å². The third-order valence-corrected chi connectivity index (χ3v) is 7.70. The Balaban J connectivity index is 1.56. The second-order valence-electron chi connectivity index (χ2n) is 9.28. The highest BCUT2D eigenvalue weighted by Gasteiger charge is 2.32. The summed E-state index contributed by atoms with van der Waals surface area (Å²) in [5.41, 5.74) is 4.03. The average molecular weight is 463 g/mol. The molecule has 1 heterocycles. The molecule has 3 aromatic rings. The predicted molar refractivity (Wildman–Crippen MR) is 133 cm³/mol. The molecule has 0 saturated heterocycles. The fourth-order valence-electron chi connectivity index (χ4n) is 4.13. The van der Waals surface area contributed by atoms with Crippen molar-refractivity contribution in [2.24, 2.45) is 16.3 Å². The molecule has 1 aliphatic rings. The Morgan fingerprint density at radius 2 is 1.94 bits per heavy atom. The van der Waals surface area contributed by atoms with Crippen molar-refractivity contribution in [1.29, 1.82) is 5.26 Å². The fraction of sp³-hybridized carbons (Fsp3) is 0.333. The molecule has 4 rings (SSSR count). The van der Waals surface area contributed by atoms with Crippen molar-refractivity contribution in [3.05, 3.63) is 80.7 Å². The van der Waals surface area contributed by atoms with Gasteiger partial charge in [-0.3, -0.25) is 0 Å². The van der Waals surface area contributed by atoms with Crippen LogP contribution in [0.15, 0.2) is 53.5 Å². The summed E-state index contributed by atoms with van der Waals surface area (Å²) in [6.45, 7) is 7.30. The van der Waals surface area contributed by atoms with Crippen LogP contribution in [0.5, 0.6) is 5.75 Å². The fourth-order valence-corrected chi connectivity index (χ4v) is 5.55. The van der Waals surface area contributed by atoms with Gasteiger partial charge in [-0.25, -0.2) is 4.99 Å². The lowest BCUT2D eigenvalue weighted by molar-refractivity contribution is 0.218. The Kier molecular flexibility index (Phi) is 6.69. The minimum absolute atomic E-state index is 0.274. The van der Waals surface area contributed by atoms with E-state index in [0.717, 1.165) is 46.7 Å². The minimum Gasteiger partial charge on any atom is -0.488 e. The molecule has 0 unspecified atom stereocenters. The van der Waals surface area contributed by atoms with Gasteiger partial charge in [0.15, 0.2) is 0 Å². The number of halogens is 1. The molecular formula is C27H27ClN2OS. The van der Waals surface area contributed by atoms with Gasteiger partial charge >= 0.3 is 0 Å². The monoisotopic (exact) mass is 462 g/mol. The molecule has 0 fully saturated rings. The number of thiophene rings is 1. The second kappa shape index (κ2) is 9.48. The molecule has 0 radical (unpaired) electrons. The molecule has 0 spiro atoms. The molecular weight excluding hydrogens is 436 g/mol. The molecule has 1 aromatic heterocycles. The summed E-state index contributed by atoms with van der Waals surface area (Å²) in [7, 11) is 0. The number of nitriles is 1. The number of ether oxygens (including phenoxy) is 1. The van der Waals surface area contributed by atoms with E-state index >= 15 is 0 Å². The molecule has 0 aliphatic heterocycles. The first kappa shape index (κ1) is 22.6. The van der Waals surface area contributed by atoms with Crippen molar-refractivity contribution in [3.63, 3.8) is 0 Å². The van der Waals surface area contributed by atoms with Crippen molar-refractivity contribution in [2.45, 2.75) is 46.6 Å². The summed E-state index contributed by atoms with van der Waals surface area (Å²) in [6.07, 6.45) is 4.93. The topological polar surface area (TPSA) is 45.4 Å². The van der Waals surface area contributed by atoms with Crippen LogP contribution in [0, 0.1) is 22.7 Å². The van der Waals surface area contributed by atoms with E-state index in [1.807, 2.05) is 48.5 Å². The van der Waals surface area contributed by atoms with Crippen LogP contribution in [-0.2, 0) is 19.4 Å². The van der Waals surface area contributed by atoms with Crippen LogP contribution in [-0.4, -0.2) is 6.21 Å². The predicted octanol–water partition coefficient (Wildman–Crippen LogP) is 7.75. The summed E-state index contributed by atoms with van der Waals surface area (Å²) in [4.78, 5) is 6.06. The number of hydrogen-bond donors (Lipinski definition) is 0. The Labute approximate surface area is 199 Å². The standard InChI is InChI=1S/C27H27ClN2OS/c1-27(2,3)20-12-13-21-22(15-29)26(32-25(21)14-20)30-16-18-8-5-7-11-24(18)31-17-19-9-4-6-10-23(19)28/h4-11,16,20H,12-14,17H2,1-3H3/t20-/m1/s1. The summed E-state index contributed by atoms with van der Waals surface area (Å²) in [6, 6.07) is 17.9. The van der Waals surface area contributed by atoms with Crippen LogP contribution in [0.2, 0.25) is 5.02 Å². The number of para-hydroxylation sites is 1. The van der Waals surface area contributed by atoms with E-state index < -0.39 is 0 Å². The molecule has 0 amide bonds. The lowest BCUT2D eigenvalue weighted by Gasteiger charge is -2.33. The smallest absolute Gasteiger partial charge is 0.134 e. The van der Waals surface area contributed by atoms with Crippen LogP contribution in [0.4, 0.5) is 5.00 Å². The quantitative estimate of drug-likeness (QED) is 0.364. The van der Waals surface area contributed by atoms with Crippen LogP contribution in [0.3, 0.4) is 0 Å². The highest BCUT2D eigenvalue weighted by Crippen LogP contribution is 2.45. The van der Waals surface area contributed by atoms with E-state index in [2.05, 4.69) is 26.8 Å². The Bertz CT molecular complexity index is 1180. The zero-order valence-electron chi connectivity index (χ0n) is 18.7. The molecule has 0 bridgehead atoms. The molecule has 0 saturated carbocycles. The Morgan fingerprint density at radius 3 is 2.69 bits per heavy atom. The second-order valence-corrected chi connectivity index (χ2v) is 10.8. The van der Waals surface area contributed by atoms with E-state index in [0.29, 0.717) is 17.5 Å². The van der Waals surface area contributed by atoms with Crippen molar-refractivity contribution in [1.82, 2.24) is 0 Å². The SMILES string of the molecule is CC(C)(C)[C@@H]1CCc2c(sc(N=Cc3ccccc3OCc3ccccc3Cl)c2C#N)C1. The molecule has 0 N–H and O–H groups in total. The number of rotatable bonds is 5. The summed E-state index contributed by atoms with van der Waals surface area (Å²) in [5.74, 6) is 1.37. The molecule has 32 heavy (non-hydrogen) atoms. The number of aliphatic imine (C=N–C) groups is 1. The number of fused-ring (bicyclic) bond motifs is 1. The summed E-state index contributed by atoms with van der Waals surface area (Å²) < 4.78 is 6.04. The van der Waals surface area contributed by atoms with E-state index in [-0.39, 0.29) is 5.41 Å². The first-order chi connectivity index (χ1) is 15.4. The highest BCUT2D eigenvalue weighted by molar-refractivity contribution is 7.16. The molecule has 1 atom stereocenters. The van der Waals surface area contributed by atoms with Crippen LogP contribution in [0.25, 0.3) is 0 Å². The third kappa shape index (κ3) is 4.90. The van der Waals surface area contributed by atoms with Gasteiger partial charge in [0.1, 0.15) is 23.4 Å².